The summed E-state index contributed by atoms with van der Waals surface area (Å²) in [6.07, 6.45) is 0. The lowest BCUT2D eigenvalue weighted by molar-refractivity contribution is 0.414. The number of nitrogens with zero attached hydrogens (tertiary/aromatic N) is 2. The molecule has 0 saturated heterocycles. The van der Waals surface area contributed by atoms with Gasteiger partial charge in [0.15, 0.2) is 0 Å². The minimum Gasteiger partial charge on any atom is -0.497 e. The molecule has 12 heteroatoms. The van der Waals surface area contributed by atoms with Crippen LogP contribution in [0.1, 0.15) is 11.1 Å². The van der Waals surface area contributed by atoms with Gasteiger partial charge in [-0.2, -0.15) is 18.6 Å². The van der Waals surface area contributed by atoms with Crippen LogP contribution in [0.25, 0.3) is 10.8 Å². The maximum atomic E-state index is 13.0. The molecule has 4 aromatic carbocycles. The number of nitrogens with one attached hydrogen (secondary N) is 2. The SMILES string of the molecule is COc1ccc(CNN=c2c(=O)c(=O)c(=NNCc3ccc(OC)cc3)c3cc(S(=O)(=O)O)ccc23)cc1. The minimum absolute atomic E-state index is 0.0388. The van der Waals surface area contributed by atoms with Crippen LogP contribution < -0.4 is 41.9 Å². The van der Waals surface area contributed by atoms with Gasteiger partial charge in [-0.3, -0.25) is 14.1 Å². The number of ether oxygens (including phenoxy) is 2. The van der Waals surface area contributed by atoms with Crippen LogP contribution in [-0.4, -0.2) is 27.2 Å². The summed E-state index contributed by atoms with van der Waals surface area (Å²) < 4.78 is 43.3. The van der Waals surface area contributed by atoms with Gasteiger partial charge in [0.1, 0.15) is 22.2 Å². The summed E-state index contributed by atoms with van der Waals surface area (Å²) in [5.41, 5.74) is 5.30. The second kappa shape index (κ2) is 11.2. The molecule has 0 spiro atoms. The van der Waals surface area contributed by atoms with E-state index in [1.54, 1.807) is 50.6 Å². The summed E-state index contributed by atoms with van der Waals surface area (Å²) in [5, 5.41) is 7.96. The van der Waals surface area contributed by atoms with Crippen molar-refractivity contribution in [2.45, 2.75) is 18.0 Å². The molecule has 0 unspecified atom stereocenters. The van der Waals surface area contributed by atoms with Crippen molar-refractivity contribution in [3.05, 3.63) is 109 Å². The predicted octanol–water partition coefficient (Wildman–Crippen LogP) is 0.911. The van der Waals surface area contributed by atoms with Gasteiger partial charge >= 0.3 is 0 Å². The third kappa shape index (κ3) is 5.88. The molecule has 0 fully saturated rings. The van der Waals surface area contributed by atoms with Crippen molar-refractivity contribution in [3.63, 3.8) is 0 Å². The topological polar surface area (TPSA) is 156 Å². The molecular formula is C26H24N4O7S. The number of hydrogen-bond donors (Lipinski definition) is 3. The molecule has 0 amide bonds. The minimum atomic E-state index is -4.59. The molecule has 0 aliphatic carbocycles. The fourth-order valence-corrected chi connectivity index (χ4v) is 4.18. The fraction of sp³-hybridized carbons (Fsp3) is 0.154. The third-order valence-electron chi connectivity index (χ3n) is 5.70. The van der Waals surface area contributed by atoms with Crippen molar-refractivity contribution >= 4 is 20.9 Å². The molecule has 0 atom stereocenters. The number of hydrogen-bond acceptors (Lipinski definition) is 10. The summed E-state index contributed by atoms with van der Waals surface area (Å²) in [7, 11) is -1.48. The van der Waals surface area contributed by atoms with Crippen molar-refractivity contribution in [2.24, 2.45) is 10.2 Å². The number of rotatable bonds is 9. The Bertz CT molecular complexity index is 1790. The van der Waals surface area contributed by atoms with E-state index in [1.807, 2.05) is 12.1 Å². The lowest BCUT2D eigenvalue weighted by atomic mass is 10.1. The van der Waals surface area contributed by atoms with Crippen LogP contribution in [-0.2, 0) is 23.2 Å². The molecule has 0 bridgehead atoms. The second-order valence-corrected chi connectivity index (χ2v) is 9.55. The zero-order chi connectivity index (χ0) is 27.3. The average molecular weight is 537 g/mol. The highest BCUT2D eigenvalue weighted by molar-refractivity contribution is 7.85. The second-order valence-electron chi connectivity index (χ2n) is 8.13. The zero-order valence-electron chi connectivity index (χ0n) is 20.5. The van der Waals surface area contributed by atoms with Crippen LogP contribution in [0.2, 0.25) is 0 Å². The highest BCUT2D eigenvalue weighted by atomic mass is 32.2. The van der Waals surface area contributed by atoms with E-state index in [0.29, 0.717) is 11.5 Å². The average Bonchev–Trinajstić information content (AvgIpc) is 2.92. The molecule has 196 valence electrons. The molecule has 4 aromatic rings. The van der Waals surface area contributed by atoms with Crippen LogP contribution in [0.15, 0.2) is 91.4 Å². The van der Waals surface area contributed by atoms with E-state index in [1.165, 1.54) is 6.07 Å². The van der Waals surface area contributed by atoms with Crippen LogP contribution in [0.4, 0.5) is 0 Å². The third-order valence-corrected chi connectivity index (χ3v) is 6.55. The molecule has 38 heavy (non-hydrogen) atoms. The Kier molecular flexibility index (Phi) is 7.84. The summed E-state index contributed by atoms with van der Waals surface area (Å²) in [6.45, 7) is 0.463. The van der Waals surface area contributed by atoms with Crippen LogP contribution in [0, 0.1) is 0 Å². The number of benzene rings is 4. The van der Waals surface area contributed by atoms with Crippen molar-refractivity contribution in [2.75, 3.05) is 14.2 Å². The first-order valence-electron chi connectivity index (χ1n) is 11.3. The molecular weight excluding hydrogens is 512 g/mol. The van der Waals surface area contributed by atoms with Gasteiger partial charge in [0.05, 0.1) is 32.2 Å². The van der Waals surface area contributed by atoms with Gasteiger partial charge in [-0.25, -0.2) is 0 Å². The molecule has 0 saturated carbocycles. The Labute approximate surface area is 217 Å². The normalized spacial score (nSPS) is 12.5. The molecule has 0 heterocycles. The highest BCUT2D eigenvalue weighted by Crippen LogP contribution is 2.14. The van der Waals surface area contributed by atoms with Gasteiger partial charge in [0, 0.05) is 10.8 Å². The van der Waals surface area contributed by atoms with E-state index in [-0.39, 0.29) is 34.6 Å². The zero-order valence-corrected chi connectivity index (χ0v) is 21.3. The summed E-state index contributed by atoms with van der Waals surface area (Å²) in [5.74, 6) is 1.36. The van der Waals surface area contributed by atoms with Crippen molar-refractivity contribution in [1.29, 1.82) is 0 Å². The molecule has 3 N–H and O–H groups in total. The molecule has 0 aromatic heterocycles. The first-order chi connectivity index (χ1) is 18.2. The summed E-state index contributed by atoms with van der Waals surface area (Å²) in [6, 6.07) is 17.8. The lowest BCUT2D eigenvalue weighted by Crippen LogP contribution is -2.49. The Balaban J connectivity index is 1.76. The molecule has 0 aliphatic rings. The van der Waals surface area contributed by atoms with Crippen LogP contribution >= 0.6 is 0 Å². The molecule has 0 radical (unpaired) electrons. The Hall–Kier alpha value is -4.55. The number of fused-ring (bicyclic) bond motifs is 1. The molecule has 0 aliphatic heterocycles. The Morgan fingerprint density at radius 3 is 1.58 bits per heavy atom. The fourth-order valence-electron chi connectivity index (χ4n) is 3.67. The van der Waals surface area contributed by atoms with Crippen molar-refractivity contribution in [1.82, 2.24) is 10.9 Å². The lowest BCUT2D eigenvalue weighted by Gasteiger charge is -2.05. The number of methoxy groups -OCH3 is 2. The highest BCUT2D eigenvalue weighted by Gasteiger charge is 2.15. The van der Waals surface area contributed by atoms with Gasteiger partial charge in [0.2, 0.25) is 0 Å². The summed E-state index contributed by atoms with van der Waals surface area (Å²) >= 11 is 0. The van der Waals surface area contributed by atoms with Crippen molar-refractivity contribution < 1.29 is 22.4 Å². The van der Waals surface area contributed by atoms with E-state index in [0.717, 1.165) is 23.3 Å². The Morgan fingerprint density at radius 2 is 1.16 bits per heavy atom. The molecule has 4 rings (SSSR count). The van der Waals surface area contributed by atoms with Gasteiger partial charge in [0.25, 0.3) is 21.0 Å². The van der Waals surface area contributed by atoms with Gasteiger partial charge in [-0.1, -0.05) is 30.3 Å². The van der Waals surface area contributed by atoms with Crippen molar-refractivity contribution in [3.8, 4) is 11.5 Å². The van der Waals surface area contributed by atoms with Gasteiger partial charge < -0.3 is 20.3 Å². The van der Waals surface area contributed by atoms with E-state index >= 15 is 0 Å². The van der Waals surface area contributed by atoms with Crippen LogP contribution in [0.5, 0.6) is 11.5 Å². The standard InChI is InChI=1S/C26H24N4O7S/c1-36-18-7-3-16(4-8-18)14-27-29-23-21-12-11-20(38(33,34)35)13-22(21)24(26(32)25(23)31)30-28-15-17-5-9-19(37-2)10-6-17/h3-13,27-28H,14-15H2,1-2H3,(H,33,34,35). The first-order valence-corrected chi connectivity index (χ1v) is 12.7. The van der Waals surface area contributed by atoms with E-state index < -0.39 is 25.9 Å². The smallest absolute Gasteiger partial charge is 0.294 e. The van der Waals surface area contributed by atoms with E-state index in [9.17, 15) is 22.6 Å². The molecule has 11 nitrogen and oxygen atoms in total. The predicted molar refractivity (Wildman–Crippen MR) is 139 cm³/mol. The van der Waals surface area contributed by atoms with Gasteiger partial charge in [-0.15, -0.1) is 0 Å². The maximum Gasteiger partial charge on any atom is 0.294 e. The monoisotopic (exact) mass is 536 g/mol. The first kappa shape index (κ1) is 26.5. The van der Waals surface area contributed by atoms with Gasteiger partial charge in [-0.05, 0) is 47.5 Å². The summed E-state index contributed by atoms with van der Waals surface area (Å²) in [4.78, 5) is 25.5. The largest absolute Gasteiger partial charge is 0.497 e. The van der Waals surface area contributed by atoms with E-state index in [2.05, 4.69) is 21.1 Å². The van der Waals surface area contributed by atoms with E-state index in [4.69, 9.17) is 9.47 Å². The maximum absolute atomic E-state index is 13.0. The van der Waals surface area contributed by atoms with Crippen LogP contribution in [0.3, 0.4) is 0 Å². The Morgan fingerprint density at radius 1 is 0.711 bits per heavy atom. The quantitative estimate of drug-likeness (QED) is 0.161.